The van der Waals surface area contributed by atoms with E-state index in [0.29, 0.717) is 12.6 Å². The Balaban J connectivity index is 1.25. The van der Waals surface area contributed by atoms with Gasteiger partial charge in [-0.15, -0.1) is 0 Å². The number of aryl methyl sites for hydroxylation is 1. The fourth-order valence-electron chi connectivity index (χ4n) is 5.04. The molecule has 2 saturated heterocycles. The zero-order chi connectivity index (χ0) is 22.1. The third kappa shape index (κ3) is 4.52. The number of anilines is 3. The van der Waals surface area contributed by atoms with E-state index in [1.807, 2.05) is 24.4 Å². The molecule has 170 valence electrons. The van der Waals surface area contributed by atoms with Crippen molar-refractivity contribution in [1.29, 1.82) is 0 Å². The van der Waals surface area contributed by atoms with Gasteiger partial charge in [0.1, 0.15) is 5.82 Å². The van der Waals surface area contributed by atoms with Crippen LogP contribution in [0.25, 0.3) is 0 Å². The first-order valence-electron chi connectivity index (χ1n) is 11.5. The summed E-state index contributed by atoms with van der Waals surface area (Å²) in [5.74, 6) is 2.59. The zero-order valence-electron chi connectivity index (χ0n) is 18.6. The molecule has 1 aromatic carbocycles. The van der Waals surface area contributed by atoms with Crippen molar-refractivity contribution in [3.63, 3.8) is 0 Å². The molecule has 0 saturated carbocycles. The van der Waals surface area contributed by atoms with Gasteiger partial charge >= 0.3 is 0 Å². The largest absolute Gasteiger partial charge is 0.369 e. The van der Waals surface area contributed by atoms with Gasteiger partial charge in [-0.25, -0.2) is 4.98 Å². The molecule has 3 aliphatic heterocycles. The van der Waals surface area contributed by atoms with E-state index in [2.05, 4.69) is 39.1 Å². The van der Waals surface area contributed by atoms with E-state index in [4.69, 9.17) is 4.98 Å². The lowest BCUT2D eigenvalue weighted by Gasteiger charge is -2.38. The van der Waals surface area contributed by atoms with E-state index in [1.54, 1.807) is 0 Å². The number of rotatable bonds is 3. The van der Waals surface area contributed by atoms with E-state index < -0.39 is 10.8 Å². The molecule has 5 rings (SSSR count). The lowest BCUT2D eigenvalue weighted by molar-refractivity contribution is -0.117. The highest BCUT2D eigenvalue weighted by Gasteiger charge is 2.29. The number of para-hydroxylation sites is 1. The molecular weight excluding hydrogens is 422 g/mol. The number of hydrogen-bond donors (Lipinski definition) is 1. The first-order valence-corrected chi connectivity index (χ1v) is 13.0. The van der Waals surface area contributed by atoms with Gasteiger partial charge in [0.15, 0.2) is 0 Å². The topological polar surface area (TPSA) is 68.8 Å². The molecule has 0 spiro atoms. The third-order valence-electron chi connectivity index (χ3n) is 6.90. The molecule has 2 fully saturated rings. The minimum atomic E-state index is -0.676. The van der Waals surface area contributed by atoms with Gasteiger partial charge < -0.3 is 15.1 Å². The van der Waals surface area contributed by atoms with Crippen molar-refractivity contribution in [2.24, 2.45) is 0 Å². The fraction of sp³-hybridized carbons (Fsp3) is 0.500. The lowest BCUT2D eigenvalue weighted by Crippen LogP contribution is -2.46. The summed E-state index contributed by atoms with van der Waals surface area (Å²) in [5, 5.41) is 3.05. The SMILES string of the molecule is Cc1cnc(N2CCC(N3CC(=O)Nc4ccccc4C3)CC2)cc1N1CCS(=O)CC1. The summed E-state index contributed by atoms with van der Waals surface area (Å²) in [6, 6.07) is 10.7. The van der Waals surface area contributed by atoms with Crippen LogP contribution in [0.3, 0.4) is 0 Å². The van der Waals surface area contributed by atoms with Crippen LogP contribution in [0.15, 0.2) is 36.5 Å². The van der Waals surface area contributed by atoms with Crippen molar-refractivity contribution in [3.8, 4) is 0 Å². The maximum Gasteiger partial charge on any atom is 0.238 e. The first-order chi connectivity index (χ1) is 15.6. The molecule has 1 N–H and O–H groups in total. The normalized spacial score (nSPS) is 21.2. The summed E-state index contributed by atoms with van der Waals surface area (Å²) < 4.78 is 11.7. The Bertz CT molecular complexity index is 1010. The van der Waals surface area contributed by atoms with E-state index in [9.17, 15) is 9.00 Å². The molecule has 2 aromatic rings. The maximum atomic E-state index is 12.4. The molecule has 0 radical (unpaired) electrons. The maximum absolute atomic E-state index is 12.4. The molecule has 32 heavy (non-hydrogen) atoms. The summed E-state index contributed by atoms with van der Waals surface area (Å²) in [6.07, 6.45) is 4.00. The van der Waals surface area contributed by atoms with Gasteiger partial charge in [0.25, 0.3) is 0 Å². The Labute approximate surface area is 192 Å². The zero-order valence-corrected chi connectivity index (χ0v) is 19.4. The summed E-state index contributed by atoms with van der Waals surface area (Å²) in [7, 11) is -0.676. The van der Waals surface area contributed by atoms with Gasteiger partial charge in [0.05, 0.1) is 6.54 Å². The van der Waals surface area contributed by atoms with Crippen LogP contribution in [-0.4, -0.2) is 70.3 Å². The second-order valence-corrected chi connectivity index (χ2v) is 10.7. The highest BCUT2D eigenvalue weighted by Crippen LogP contribution is 2.29. The number of aromatic nitrogens is 1. The molecule has 8 heteroatoms. The standard InChI is InChI=1S/C24H31N5O2S/c1-18-15-25-23(14-22(18)27-10-12-32(31)13-11-27)28-8-6-20(7-9-28)29-16-19-4-2-3-5-21(19)26-24(30)17-29/h2-5,14-15,20H,6-13,16-17H2,1H3,(H,26,30). The minimum absolute atomic E-state index is 0.0738. The molecular formula is C24H31N5O2S. The van der Waals surface area contributed by atoms with E-state index in [1.165, 1.54) is 16.8 Å². The van der Waals surface area contributed by atoms with Crippen LogP contribution in [0.1, 0.15) is 24.0 Å². The molecule has 0 atom stereocenters. The number of carbonyl (C=O) groups excluding carboxylic acids is 1. The average Bonchev–Trinajstić information content (AvgIpc) is 2.98. The van der Waals surface area contributed by atoms with Gasteiger partial charge in [0, 0.05) is 84.7 Å². The molecule has 3 aliphatic rings. The number of carbonyl (C=O) groups is 1. The lowest BCUT2D eigenvalue weighted by atomic mass is 10.0. The molecule has 1 aromatic heterocycles. The van der Waals surface area contributed by atoms with Crippen molar-refractivity contribution in [2.75, 3.05) is 59.3 Å². The molecule has 0 unspecified atom stereocenters. The Morgan fingerprint density at radius 3 is 2.56 bits per heavy atom. The van der Waals surface area contributed by atoms with Gasteiger partial charge in [0.2, 0.25) is 5.91 Å². The average molecular weight is 454 g/mol. The van der Waals surface area contributed by atoms with Crippen LogP contribution < -0.4 is 15.1 Å². The van der Waals surface area contributed by atoms with E-state index in [0.717, 1.165) is 68.6 Å². The summed E-state index contributed by atoms with van der Waals surface area (Å²) in [4.78, 5) is 24.2. The van der Waals surface area contributed by atoms with Crippen LogP contribution in [0.2, 0.25) is 0 Å². The number of amides is 1. The predicted molar refractivity (Wildman–Crippen MR) is 130 cm³/mol. The van der Waals surface area contributed by atoms with Crippen LogP contribution >= 0.6 is 0 Å². The molecule has 0 aliphatic carbocycles. The highest BCUT2D eigenvalue weighted by molar-refractivity contribution is 7.85. The Hall–Kier alpha value is -2.45. The summed E-state index contributed by atoms with van der Waals surface area (Å²) >= 11 is 0. The number of nitrogens with zero attached hydrogens (tertiary/aromatic N) is 4. The van der Waals surface area contributed by atoms with Crippen LogP contribution in [0.5, 0.6) is 0 Å². The van der Waals surface area contributed by atoms with Gasteiger partial charge in [-0.1, -0.05) is 18.2 Å². The highest BCUT2D eigenvalue weighted by atomic mass is 32.2. The van der Waals surface area contributed by atoms with Gasteiger partial charge in [-0.05, 0) is 37.0 Å². The van der Waals surface area contributed by atoms with Gasteiger partial charge in [-0.3, -0.25) is 13.9 Å². The fourth-order valence-corrected chi connectivity index (χ4v) is 6.09. The first kappa shape index (κ1) is 21.4. The second-order valence-electron chi connectivity index (χ2n) is 8.99. The smallest absolute Gasteiger partial charge is 0.238 e. The number of nitrogens with one attached hydrogen (secondary N) is 1. The Morgan fingerprint density at radius 1 is 1.03 bits per heavy atom. The van der Waals surface area contributed by atoms with E-state index in [-0.39, 0.29) is 5.91 Å². The number of hydrogen-bond acceptors (Lipinski definition) is 6. The van der Waals surface area contributed by atoms with Gasteiger partial charge in [-0.2, -0.15) is 0 Å². The third-order valence-corrected chi connectivity index (χ3v) is 8.17. The van der Waals surface area contributed by atoms with Crippen LogP contribution in [-0.2, 0) is 22.1 Å². The molecule has 4 heterocycles. The predicted octanol–water partition coefficient (Wildman–Crippen LogP) is 2.38. The van der Waals surface area contributed by atoms with Crippen molar-refractivity contribution >= 4 is 33.9 Å². The Kier molecular flexibility index (Phi) is 6.15. The molecule has 0 bridgehead atoms. The van der Waals surface area contributed by atoms with Crippen LogP contribution in [0.4, 0.5) is 17.2 Å². The number of fused-ring (bicyclic) bond motifs is 1. The van der Waals surface area contributed by atoms with E-state index >= 15 is 0 Å². The summed E-state index contributed by atoms with van der Waals surface area (Å²) in [6.45, 7) is 6.92. The minimum Gasteiger partial charge on any atom is -0.369 e. The Morgan fingerprint density at radius 2 is 1.78 bits per heavy atom. The second kappa shape index (κ2) is 9.19. The van der Waals surface area contributed by atoms with Crippen molar-refractivity contribution in [3.05, 3.63) is 47.7 Å². The van der Waals surface area contributed by atoms with Crippen molar-refractivity contribution < 1.29 is 9.00 Å². The number of pyridine rings is 1. The quantitative estimate of drug-likeness (QED) is 0.770. The monoisotopic (exact) mass is 453 g/mol. The number of benzene rings is 1. The molecule has 1 amide bonds. The van der Waals surface area contributed by atoms with Crippen molar-refractivity contribution in [2.45, 2.75) is 32.4 Å². The summed E-state index contributed by atoms with van der Waals surface area (Å²) in [5.41, 5.74) is 4.52. The van der Waals surface area contributed by atoms with Crippen molar-refractivity contribution in [1.82, 2.24) is 9.88 Å². The van der Waals surface area contributed by atoms with Crippen LogP contribution in [0, 0.1) is 6.92 Å². The number of piperidine rings is 1. The molecule has 7 nitrogen and oxygen atoms in total.